The first-order valence-electron chi connectivity index (χ1n) is 5.91. The number of rotatable bonds is 12. The predicted octanol–water partition coefficient (Wildman–Crippen LogP) is -1.08. The van der Waals surface area contributed by atoms with E-state index in [0.717, 1.165) is 0 Å². The number of aliphatic hydroxyl groups is 1. The molecule has 1 atom stereocenters. The van der Waals surface area contributed by atoms with Crippen LogP contribution in [0, 0.1) is 0 Å². The minimum atomic E-state index is -1.15. The van der Waals surface area contributed by atoms with Crippen LogP contribution in [0.15, 0.2) is 0 Å². The van der Waals surface area contributed by atoms with E-state index in [-0.39, 0.29) is 26.2 Å². The number of aliphatic hydroxyl groups excluding tert-OH is 1. The van der Waals surface area contributed by atoms with E-state index in [1.54, 1.807) is 7.11 Å². The van der Waals surface area contributed by atoms with Gasteiger partial charge in [-0.1, -0.05) is 0 Å². The molecular formula is C11H23NO6. The lowest BCUT2D eigenvalue weighted by Gasteiger charge is -2.10. The van der Waals surface area contributed by atoms with Crippen LogP contribution in [0.4, 0.5) is 0 Å². The Balaban J connectivity index is 3.22. The molecule has 7 nitrogen and oxygen atoms in total. The Labute approximate surface area is 107 Å². The molecule has 0 saturated carbocycles. The minimum Gasteiger partial charge on any atom is -0.461 e. The number of methoxy groups -OCH3 is 1. The van der Waals surface area contributed by atoms with Crippen molar-refractivity contribution in [1.29, 1.82) is 0 Å². The SMILES string of the molecule is COCCOCCOCCOC(=O)C(O)CCN. The van der Waals surface area contributed by atoms with E-state index in [0.29, 0.717) is 26.4 Å². The van der Waals surface area contributed by atoms with Crippen molar-refractivity contribution < 1.29 is 28.8 Å². The average molecular weight is 265 g/mol. The summed E-state index contributed by atoms with van der Waals surface area (Å²) in [7, 11) is 1.60. The lowest BCUT2D eigenvalue weighted by atomic mass is 10.2. The van der Waals surface area contributed by atoms with Crippen LogP contribution in [-0.4, -0.2) is 70.5 Å². The summed E-state index contributed by atoms with van der Waals surface area (Å²) in [5, 5.41) is 9.21. The van der Waals surface area contributed by atoms with Gasteiger partial charge in [0.05, 0.1) is 33.0 Å². The number of carbonyl (C=O) groups excluding carboxylic acids is 1. The molecule has 0 aliphatic carbocycles. The van der Waals surface area contributed by atoms with Crippen molar-refractivity contribution >= 4 is 5.97 Å². The summed E-state index contributed by atoms with van der Waals surface area (Å²) >= 11 is 0. The van der Waals surface area contributed by atoms with Crippen LogP contribution in [0.3, 0.4) is 0 Å². The Morgan fingerprint density at radius 1 is 1.11 bits per heavy atom. The highest BCUT2D eigenvalue weighted by Gasteiger charge is 2.14. The summed E-state index contributed by atoms with van der Waals surface area (Å²) < 4.78 is 19.9. The Kier molecular flexibility index (Phi) is 12.2. The Hall–Kier alpha value is -0.730. The Morgan fingerprint density at radius 3 is 2.22 bits per heavy atom. The molecule has 1 unspecified atom stereocenters. The number of hydrogen-bond donors (Lipinski definition) is 2. The second-order valence-electron chi connectivity index (χ2n) is 3.48. The quantitative estimate of drug-likeness (QED) is 0.342. The van der Waals surface area contributed by atoms with Crippen LogP contribution in [-0.2, 0) is 23.7 Å². The first-order chi connectivity index (χ1) is 8.72. The largest absolute Gasteiger partial charge is 0.461 e. The zero-order chi connectivity index (χ0) is 13.6. The fourth-order valence-electron chi connectivity index (χ4n) is 1.04. The smallest absolute Gasteiger partial charge is 0.335 e. The number of carbonyl (C=O) groups is 1. The molecule has 108 valence electrons. The molecule has 3 N–H and O–H groups in total. The molecule has 18 heavy (non-hydrogen) atoms. The monoisotopic (exact) mass is 265 g/mol. The summed E-state index contributed by atoms with van der Waals surface area (Å²) in [4.78, 5) is 11.1. The van der Waals surface area contributed by atoms with Gasteiger partial charge in [-0.05, 0) is 13.0 Å². The van der Waals surface area contributed by atoms with Gasteiger partial charge in [0, 0.05) is 7.11 Å². The van der Waals surface area contributed by atoms with Gasteiger partial charge >= 0.3 is 5.97 Å². The van der Waals surface area contributed by atoms with Crippen LogP contribution in [0.1, 0.15) is 6.42 Å². The summed E-state index contributed by atoms with van der Waals surface area (Å²) in [5.41, 5.74) is 5.20. The van der Waals surface area contributed by atoms with Crippen LogP contribution in [0.5, 0.6) is 0 Å². The van der Waals surface area contributed by atoms with Gasteiger partial charge in [-0.25, -0.2) is 4.79 Å². The molecule has 0 aliphatic rings. The maximum atomic E-state index is 11.1. The first kappa shape index (κ1) is 17.3. The van der Waals surface area contributed by atoms with Crippen LogP contribution in [0.2, 0.25) is 0 Å². The minimum absolute atomic E-state index is 0.110. The zero-order valence-corrected chi connectivity index (χ0v) is 10.8. The van der Waals surface area contributed by atoms with E-state index < -0.39 is 12.1 Å². The fraction of sp³-hybridized carbons (Fsp3) is 0.909. The van der Waals surface area contributed by atoms with Gasteiger partial charge in [0.1, 0.15) is 6.61 Å². The van der Waals surface area contributed by atoms with Gasteiger partial charge in [-0.3, -0.25) is 0 Å². The summed E-state index contributed by atoms with van der Waals surface area (Å²) in [6.45, 7) is 2.59. The van der Waals surface area contributed by atoms with E-state index >= 15 is 0 Å². The number of hydrogen-bond acceptors (Lipinski definition) is 7. The van der Waals surface area contributed by atoms with E-state index in [2.05, 4.69) is 0 Å². The summed E-state index contributed by atoms with van der Waals surface area (Å²) in [6.07, 6.45) is -0.945. The molecule has 0 heterocycles. The third kappa shape index (κ3) is 10.4. The van der Waals surface area contributed by atoms with Crippen molar-refractivity contribution in [3.63, 3.8) is 0 Å². The van der Waals surface area contributed by atoms with E-state index in [9.17, 15) is 9.90 Å². The van der Waals surface area contributed by atoms with Crippen molar-refractivity contribution in [1.82, 2.24) is 0 Å². The summed E-state index contributed by atoms with van der Waals surface area (Å²) in [5.74, 6) is -0.666. The maximum Gasteiger partial charge on any atom is 0.335 e. The molecule has 0 aromatic carbocycles. The highest BCUT2D eigenvalue weighted by Crippen LogP contribution is 1.93. The molecule has 7 heteroatoms. The van der Waals surface area contributed by atoms with Crippen molar-refractivity contribution in [3.8, 4) is 0 Å². The molecule has 0 bridgehead atoms. The number of nitrogens with two attached hydrogens (primary N) is 1. The molecular weight excluding hydrogens is 242 g/mol. The van der Waals surface area contributed by atoms with Crippen molar-refractivity contribution in [2.24, 2.45) is 5.73 Å². The standard InChI is InChI=1S/C11H23NO6/c1-15-4-5-16-6-7-17-8-9-18-11(14)10(13)2-3-12/h10,13H,2-9,12H2,1H3. The average Bonchev–Trinajstić information content (AvgIpc) is 2.36. The van der Waals surface area contributed by atoms with Crippen LogP contribution >= 0.6 is 0 Å². The lowest BCUT2D eigenvalue weighted by Crippen LogP contribution is -2.27. The van der Waals surface area contributed by atoms with Gasteiger partial charge < -0.3 is 29.8 Å². The van der Waals surface area contributed by atoms with E-state index in [1.807, 2.05) is 0 Å². The molecule has 0 aromatic rings. The third-order valence-electron chi connectivity index (χ3n) is 1.99. The second kappa shape index (κ2) is 12.7. The van der Waals surface area contributed by atoms with Crippen molar-refractivity contribution in [2.75, 3.05) is 53.3 Å². The Morgan fingerprint density at radius 2 is 1.67 bits per heavy atom. The zero-order valence-electron chi connectivity index (χ0n) is 10.8. The molecule has 0 amide bonds. The van der Waals surface area contributed by atoms with Crippen molar-refractivity contribution in [2.45, 2.75) is 12.5 Å². The predicted molar refractivity (Wildman–Crippen MR) is 64.2 cm³/mol. The first-order valence-corrected chi connectivity index (χ1v) is 5.91. The number of esters is 1. The van der Waals surface area contributed by atoms with Crippen molar-refractivity contribution in [3.05, 3.63) is 0 Å². The van der Waals surface area contributed by atoms with Gasteiger partial charge in [-0.2, -0.15) is 0 Å². The molecule has 0 spiro atoms. The Bertz CT molecular complexity index is 202. The number of ether oxygens (including phenoxy) is 4. The maximum absolute atomic E-state index is 11.1. The van der Waals surface area contributed by atoms with Gasteiger partial charge in [0.15, 0.2) is 6.10 Å². The van der Waals surface area contributed by atoms with Crippen LogP contribution < -0.4 is 5.73 Å². The van der Waals surface area contributed by atoms with E-state index in [4.69, 9.17) is 24.7 Å². The second-order valence-corrected chi connectivity index (χ2v) is 3.48. The topological polar surface area (TPSA) is 100 Å². The molecule has 0 saturated heterocycles. The lowest BCUT2D eigenvalue weighted by molar-refractivity contribution is -0.155. The summed E-state index contributed by atoms with van der Waals surface area (Å²) in [6, 6.07) is 0. The molecule has 0 radical (unpaired) electrons. The normalized spacial score (nSPS) is 12.4. The van der Waals surface area contributed by atoms with Crippen LogP contribution in [0.25, 0.3) is 0 Å². The van der Waals surface area contributed by atoms with E-state index in [1.165, 1.54) is 0 Å². The molecule has 0 aliphatic heterocycles. The van der Waals surface area contributed by atoms with Gasteiger partial charge in [0.25, 0.3) is 0 Å². The third-order valence-corrected chi connectivity index (χ3v) is 1.99. The highest BCUT2D eigenvalue weighted by molar-refractivity contribution is 5.74. The highest BCUT2D eigenvalue weighted by atomic mass is 16.6. The van der Waals surface area contributed by atoms with Gasteiger partial charge in [-0.15, -0.1) is 0 Å². The molecule has 0 fully saturated rings. The van der Waals surface area contributed by atoms with Gasteiger partial charge in [0.2, 0.25) is 0 Å². The molecule has 0 rings (SSSR count). The fourth-order valence-corrected chi connectivity index (χ4v) is 1.04. The molecule has 0 aromatic heterocycles.